The van der Waals surface area contributed by atoms with Gasteiger partial charge in [0.2, 0.25) is 0 Å². The van der Waals surface area contributed by atoms with Crippen molar-refractivity contribution in [1.82, 2.24) is 0 Å². The molecule has 4 aromatic carbocycles. The Morgan fingerprint density at radius 2 is 0.667 bits per heavy atom. The Hall–Kier alpha value is -3.22. The van der Waals surface area contributed by atoms with Gasteiger partial charge in [-0.25, -0.2) is 16.8 Å². The summed E-state index contributed by atoms with van der Waals surface area (Å²) in [5, 5.41) is 0. The summed E-state index contributed by atoms with van der Waals surface area (Å²) in [6.45, 7) is 0. The van der Waals surface area contributed by atoms with Crippen molar-refractivity contribution in [3.63, 3.8) is 0 Å². The lowest BCUT2D eigenvalue weighted by Gasteiger charge is -2.14. The van der Waals surface area contributed by atoms with Crippen molar-refractivity contribution in [2.24, 2.45) is 0 Å². The van der Waals surface area contributed by atoms with Crippen LogP contribution in [0.2, 0.25) is 0 Å². The average Bonchev–Trinajstić information content (AvgIpc) is 2.80. The van der Waals surface area contributed by atoms with E-state index in [-0.39, 0.29) is 9.79 Å². The molecule has 150 valence electrons. The fourth-order valence-electron chi connectivity index (χ4n) is 3.32. The topological polar surface area (TPSA) is 68.3 Å². The highest BCUT2D eigenvalue weighted by atomic mass is 33.2. The van der Waals surface area contributed by atoms with Gasteiger partial charge < -0.3 is 0 Å². The number of benzene rings is 4. The minimum absolute atomic E-state index is 0.237. The molecule has 0 fully saturated rings. The molecule has 0 heterocycles. The number of hydrogen-bond donors (Lipinski definition) is 0. The Balaban J connectivity index is 1.93. The lowest BCUT2D eigenvalue weighted by Crippen LogP contribution is -2.18. The third-order valence-corrected chi connectivity index (χ3v) is 9.95. The predicted octanol–water partition coefficient (Wildman–Crippen LogP) is 5.18. The Bertz CT molecular complexity index is 1280. The summed E-state index contributed by atoms with van der Waals surface area (Å²) in [5.74, 6) is 0. The smallest absolute Gasteiger partial charge is 0.207 e. The molecule has 0 atom stereocenters. The molecule has 0 saturated heterocycles. The third-order valence-electron chi connectivity index (χ3n) is 4.77. The highest BCUT2D eigenvalue weighted by Crippen LogP contribution is 2.36. The molecule has 0 bridgehead atoms. The van der Waals surface area contributed by atoms with Gasteiger partial charge in [-0.15, -0.1) is 0 Å². The van der Waals surface area contributed by atoms with E-state index in [0.29, 0.717) is 22.3 Å². The second-order valence-electron chi connectivity index (χ2n) is 6.63. The summed E-state index contributed by atoms with van der Waals surface area (Å²) in [6.07, 6.45) is 0. The van der Waals surface area contributed by atoms with E-state index in [9.17, 15) is 16.8 Å². The highest BCUT2D eigenvalue weighted by molar-refractivity contribution is 8.67. The van der Waals surface area contributed by atoms with Gasteiger partial charge in [-0.05, 0) is 23.3 Å². The van der Waals surface area contributed by atoms with Gasteiger partial charge in [0.15, 0.2) is 0 Å². The molecule has 4 aromatic rings. The zero-order valence-electron chi connectivity index (χ0n) is 15.8. The molecule has 4 nitrogen and oxygen atoms in total. The molecule has 0 aliphatic carbocycles. The highest BCUT2D eigenvalue weighted by Gasteiger charge is 2.37. The van der Waals surface area contributed by atoms with Crippen LogP contribution in [0.3, 0.4) is 0 Å². The van der Waals surface area contributed by atoms with Gasteiger partial charge in [0.25, 0.3) is 17.7 Å². The van der Waals surface area contributed by atoms with Crippen LogP contribution in [0, 0.1) is 0 Å². The summed E-state index contributed by atoms with van der Waals surface area (Å²) in [5.41, 5.74) is 1.95. The molecule has 4 rings (SSSR count). The number of hydrogen-bond acceptors (Lipinski definition) is 4. The second-order valence-corrected chi connectivity index (χ2v) is 12.0. The Labute approximate surface area is 175 Å². The zero-order valence-corrected chi connectivity index (χ0v) is 17.5. The normalized spacial score (nSPS) is 11.9. The minimum Gasteiger partial charge on any atom is -0.207 e. The molecular weight excluding hydrogens is 416 g/mol. The zero-order chi connectivity index (χ0) is 21.2. The van der Waals surface area contributed by atoms with Crippen LogP contribution >= 0.6 is 0 Å². The first kappa shape index (κ1) is 20.1. The minimum atomic E-state index is -4.73. The molecule has 0 aliphatic heterocycles. The molecule has 0 aliphatic rings. The van der Waals surface area contributed by atoms with Gasteiger partial charge in [0, 0.05) is 11.1 Å². The lowest BCUT2D eigenvalue weighted by atomic mass is 10.1. The Morgan fingerprint density at radius 1 is 0.367 bits per heavy atom. The molecule has 0 radical (unpaired) electrons. The van der Waals surface area contributed by atoms with Crippen LogP contribution in [0.4, 0.5) is 0 Å². The van der Waals surface area contributed by atoms with Crippen molar-refractivity contribution < 1.29 is 16.8 Å². The maximum absolute atomic E-state index is 13.4. The van der Waals surface area contributed by atoms with E-state index in [2.05, 4.69) is 0 Å². The standard InChI is InChI=1S/C24H18O4S2/c25-29(26,23-17-9-7-15-21(23)19-11-3-1-4-12-19)30(27,28)24-18-10-8-16-22(24)20-13-5-2-6-14-20/h1-18H. The third kappa shape index (κ3) is 3.44. The molecular formula is C24H18O4S2. The van der Waals surface area contributed by atoms with Crippen molar-refractivity contribution in [2.75, 3.05) is 0 Å². The molecule has 6 heteroatoms. The number of rotatable bonds is 5. The molecule has 0 unspecified atom stereocenters. The van der Waals surface area contributed by atoms with Crippen molar-refractivity contribution in [1.29, 1.82) is 0 Å². The van der Waals surface area contributed by atoms with Crippen LogP contribution in [0.25, 0.3) is 22.3 Å². The predicted molar refractivity (Wildman–Crippen MR) is 118 cm³/mol. The van der Waals surface area contributed by atoms with E-state index in [1.165, 1.54) is 24.3 Å². The van der Waals surface area contributed by atoms with Gasteiger partial charge >= 0.3 is 0 Å². The quantitative estimate of drug-likeness (QED) is 0.406. The van der Waals surface area contributed by atoms with Crippen molar-refractivity contribution in [3.8, 4) is 22.3 Å². The van der Waals surface area contributed by atoms with Gasteiger partial charge in [0.1, 0.15) is 0 Å². The van der Waals surface area contributed by atoms with E-state index in [1.807, 2.05) is 12.1 Å². The fraction of sp³-hybridized carbons (Fsp3) is 0. The van der Waals surface area contributed by atoms with Crippen LogP contribution in [-0.4, -0.2) is 16.8 Å². The SMILES string of the molecule is O=S(=O)(c1ccccc1-c1ccccc1)S(=O)(=O)c1ccccc1-c1ccccc1. The van der Waals surface area contributed by atoms with E-state index in [1.54, 1.807) is 72.8 Å². The Morgan fingerprint density at radius 3 is 1.03 bits per heavy atom. The van der Waals surface area contributed by atoms with E-state index in [4.69, 9.17) is 0 Å². The first-order valence-electron chi connectivity index (χ1n) is 9.22. The molecule has 0 amide bonds. The van der Waals surface area contributed by atoms with Crippen LogP contribution in [0.15, 0.2) is 119 Å². The Kier molecular flexibility index (Phi) is 5.28. The monoisotopic (exact) mass is 434 g/mol. The molecule has 0 aromatic heterocycles. The van der Waals surface area contributed by atoms with E-state index < -0.39 is 17.7 Å². The maximum Gasteiger partial charge on any atom is 0.287 e. The summed E-state index contributed by atoms with van der Waals surface area (Å²) in [4.78, 5) is -0.474. The lowest BCUT2D eigenvalue weighted by molar-refractivity contribution is 0.583. The molecule has 0 spiro atoms. The van der Waals surface area contributed by atoms with Gasteiger partial charge in [0.05, 0.1) is 9.79 Å². The summed E-state index contributed by atoms with van der Waals surface area (Å²) in [7, 11) is -9.46. The van der Waals surface area contributed by atoms with Crippen LogP contribution in [-0.2, 0) is 17.7 Å². The van der Waals surface area contributed by atoms with Crippen molar-refractivity contribution in [2.45, 2.75) is 9.79 Å². The molecule has 0 saturated carbocycles. The first-order valence-corrected chi connectivity index (χ1v) is 12.7. The molecule has 0 N–H and O–H groups in total. The van der Waals surface area contributed by atoms with Crippen molar-refractivity contribution in [3.05, 3.63) is 109 Å². The van der Waals surface area contributed by atoms with Crippen LogP contribution in [0.5, 0.6) is 0 Å². The molecule has 30 heavy (non-hydrogen) atoms. The van der Waals surface area contributed by atoms with Crippen molar-refractivity contribution >= 4 is 17.7 Å². The van der Waals surface area contributed by atoms with Crippen LogP contribution < -0.4 is 0 Å². The average molecular weight is 435 g/mol. The summed E-state index contributed by atoms with van der Waals surface area (Å²) in [6, 6.07) is 30.0. The first-order chi connectivity index (χ1) is 14.4. The largest absolute Gasteiger partial charge is 0.287 e. The van der Waals surface area contributed by atoms with Crippen LogP contribution in [0.1, 0.15) is 0 Å². The van der Waals surface area contributed by atoms with Gasteiger partial charge in [-0.2, -0.15) is 0 Å². The van der Waals surface area contributed by atoms with E-state index in [0.717, 1.165) is 0 Å². The summed E-state index contributed by atoms with van der Waals surface area (Å²) < 4.78 is 53.8. The fourth-order valence-corrected chi connectivity index (χ4v) is 7.48. The summed E-state index contributed by atoms with van der Waals surface area (Å²) >= 11 is 0. The second kappa shape index (κ2) is 7.89. The van der Waals surface area contributed by atoms with Gasteiger partial charge in [-0.1, -0.05) is 97.1 Å². The van der Waals surface area contributed by atoms with Gasteiger partial charge in [-0.3, -0.25) is 0 Å². The maximum atomic E-state index is 13.4. The van der Waals surface area contributed by atoms with E-state index >= 15 is 0 Å².